The van der Waals surface area contributed by atoms with Gasteiger partial charge in [-0.1, -0.05) is 12.2 Å². The average molecular weight is 197 g/mol. The fourth-order valence-corrected chi connectivity index (χ4v) is 2.13. The maximum atomic E-state index is 11.5. The molecule has 0 amide bonds. The average Bonchev–Trinajstić information content (AvgIpc) is 2.68. The maximum absolute atomic E-state index is 11.5. The number of aryl methyl sites for hydroxylation is 1. The molecule has 0 radical (unpaired) electrons. The molecule has 0 fully saturated rings. The Bertz CT molecular complexity index is 635. The predicted molar refractivity (Wildman–Crippen MR) is 61.9 cm³/mol. The summed E-state index contributed by atoms with van der Waals surface area (Å²) in [4.78, 5) is 11.5. The molecule has 1 aromatic heterocycles. The summed E-state index contributed by atoms with van der Waals surface area (Å²) in [6, 6.07) is 7.78. The van der Waals surface area contributed by atoms with Crippen molar-refractivity contribution in [1.82, 2.24) is 4.57 Å². The van der Waals surface area contributed by atoms with Crippen LogP contribution in [0.1, 0.15) is 11.1 Å². The number of allylic oxidation sites excluding steroid dienone is 1. The van der Waals surface area contributed by atoms with E-state index in [-0.39, 0.29) is 5.56 Å². The summed E-state index contributed by atoms with van der Waals surface area (Å²) in [6.07, 6.45) is 5.28. The van der Waals surface area contributed by atoms with Crippen LogP contribution in [0.5, 0.6) is 0 Å². The van der Waals surface area contributed by atoms with Crippen molar-refractivity contribution in [2.45, 2.75) is 6.42 Å². The largest absolute Gasteiger partial charge is 0.311 e. The molecule has 0 N–H and O–H groups in total. The molecule has 0 aliphatic heterocycles. The molecule has 0 unspecified atom stereocenters. The van der Waals surface area contributed by atoms with Crippen LogP contribution in [0, 0.1) is 0 Å². The molecule has 2 nitrogen and oxygen atoms in total. The molecule has 0 atom stereocenters. The van der Waals surface area contributed by atoms with Crippen LogP contribution in [-0.2, 0) is 13.5 Å². The van der Waals surface area contributed by atoms with Crippen molar-refractivity contribution in [3.8, 4) is 0 Å². The van der Waals surface area contributed by atoms with Crippen LogP contribution in [0.15, 0.2) is 35.1 Å². The smallest absolute Gasteiger partial charge is 0.250 e. The van der Waals surface area contributed by atoms with E-state index in [1.54, 1.807) is 10.6 Å². The minimum atomic E-state index is 0.0458. The van der Waals surface area contributed by atoms with Gasteiger partial charge in [-0.3, -0.25) is 4.79 Å². The Kier molecular flexibility index (Phi) is 1.60. The summed E-state index contributed by atoms with van der Waals surface area (Å²) in [7, 11) is 1.82. The van der Waals surface area contributed by atoms with Gasteiger partial charge in [0.25, 0.3) is 5.56 Å². The van der Waals surface area contributed by atoms with Crippen molar-refractivity contribution >= 4 is 17.0 Å². The van der Waals surface area contributed by atoms with Crippen molar-refractivity contribution in [3.63, 3.8) is 0 Å². The first-order valence-corrected chi connectivity index (χ1v) is 5.05. The Morgan fingerprint density at radius 1 is 1.27 bits per heavy atom. The van der Waals surface area contributed by atoms with Gasteiger partial charge in [0.1, 0.15) is 0 Å². The number of aromatic nitrogens is 1. The minimum Gasteiger partial charge on any atom is -0.311 e. The van der Waals surface area contributed by atoms with Crippen molar-refractivity contribution in [2.24, 2.45) is 7.05 Å². The molecule has 1 aliphatic rings. The third kappa shape index (κ3) is 1.14. The Hall–Kier alpha value is -1.83. The van der Waals surface area contributed by atoms with Crippen molar-refractivity contribution < 1.29 is 0 Å². The lowest BCUT2D eigenvalue weighted by atomic mass is 10.1. The molecule has 2 heteroatoms. The second-order valence-corrected chi connectivity index (χ2v) is 3.95. The second kappa shape index (κ2) is 2.83. The minimum absolute atomic E-state index is 0.0458. The Morgan fingerprint density at radius 3 is 3.00 bits per heavy atom. The summed E-state index contributed by atoms with van der Waals surface area (Å²) in [5.74, 6) is 0. The van der Waals surface area contributed by atoms with E-state index in [0.717, 1.165) is 17.3 Å². The molecular formula is C13H11NO. The highest BCUT2D eigenvalue weighted by Gasteiger charge is 2.08. The molecule has 1 heterocycles. The van der Waals surface area contributed by atoms with E-state index in [4.69, 9.17) is 0 Å². The van der Waals surface area contributed by atoms with Crippen molar-refractivity contribution in [3.05, 3.63) is 51.8 Å². The van der Waals surface area contributed by atoms with Crippen LogP contribution >= 0.6 is 0 Å². The summed E-state index contributed by atoms with van der Waals surface area (Å²) in [6.45, 7) is 0. The van der Waals surface area contributed by atoms with E-state index in [0.29, 0.717) is 0 Å². The number of hydrogen-bond acceptors (Lipinski definition) is 1. The molecule has 0 saturated heterocycles. The summed E-state index contributed by atoms with van der Waals surface area (Å²) in [5, 5.41) is 1.14. The van der Waals surface area contributed by atoms with Gasteiger partial charge >= 0.3 is 0 Å². The second-order valence-electron chi connectivity index (χ2n) is 3.95. The standard InChI is InChI=1S/C13H11NO/c1-14-12-8-10-4-2-3-9(10)7-11(12)5-6-13(14)15/h2,4-8H,3H2,1H3. The quantitative estimate of drug-likeness (QED) is 0.634. The highest BCUT2D eigenvalue weighted by Crippen LogP contribution is 2.24. The first-order chi connectivity index (χ1) is 7.25. The summed E-state index contributed by atoms with van der Waals surface area (Å²) < 4.78 is 1.70. The van der Waals surface area contributed by atoms with Gasteiger partial charge in [0.05, 0.1) is 5.52 Å². The van der Waals surface area contributed by atoms with Crippen LogP contribution < -0.4 is 5.56 Å². The molecule has 0 saturated carbocycles. The van der Waals surface area contributed by atoms with Gasteiger partial charge in [0, 0.05) is 13.1 Å². The van der Waals surface area contributed by atoms with E-state index in [1.165, 1.54) is 11.1 Å². The fraction of sp³-hybridized carbons (Fsp3) is 0.154. The van der Waals surface area contributed by atoms with E-state index in [1.807, 2.05) is 13.1 Å². The zero-order valence-electron chi connectivity index (χ0n) is 8.53. The van der Waals surface area contributed by atoms with Crippen LogP contribution in [0.4, 0.5) is 0 Å². The maximum Gasteiger partial charge on any atom is 0.250 e. The highest BCUT2D eigenvalue weighted by atomic mass is 16.1. The van der Waals surface area contributed by atoms with Crippen molar-refractivity contribution in [1.29, 1.82) is 0 Å². The lowest BCUT2D eigenvalue weighted by Crippen LogP contribution is -2.15. The number of nitrogens with zero attached hydrogens (tertiary/aromatic N) is 1. The van der Waals surface area contributed by atoms with E-state index >= 15 is 0 Å². The molecular weight excluding hydrogens is 186 g/mol. The highest BCUT2D eigenvalue weighted by molar-refractivity contribution is 5.84. The van der Waals surface area contributed by atoms with Gasteiger partial charge in [-0.05, 0) is 41.1 Å². The van der Waals surface area contributed by atoms with E-state index in [2.05, 4.69) is 24.3 Å². The van der Waals surface area contributed by atoms with Crippen molar-refractivity contribution in [2.75, 3.05) is 0 Å². The first kappa shape index (κ1) is 8.48. The summed E-state index contributed by atoms with van der Waals surface area (Å²) >= 11 is 0. The van der Waals surface area contributed by atoms with Gasteiger partial charge in [-0.15, -0.1) is 0 Å². The third-order valence-corrected chi connectivity index (χ3v) is 3.02. The number of rotatable bonds is 0. The Morgan fingerprint density at radius 2 is 2.13 bits per heavy atom. The molecule has 2 aromatic rings. The van der Waals surface area contributed by atoms with Gasteiger partial charge in [-0.2, -0.15) is 0 Å². The van der Waals surface area contributed by atoms with Crippen LogP contribution in [0.25, 0.3) is 17.0 Å². The molecule has 1 aliphatic carbocycles. The lowest BCUT2D eigenvalue weighted by molar-refractivity contribution is 0.906. The number of fused-ring (bicyclic) bond motifs is 2. The number of benzene rings is 1. The monoisotopic (exact) mass is 197 g/mol. The zero-order valence-corrected chi connectivity index (χ0v) is 8.53. The number of pyridine rings is 1. The zero-order chi connectivity index (χ0) is 10.4. The van der Waals surface area contributed by atoms with Crippen LogP contribution in [-0.4, -0.2) is 4.57 Å². The van der Waals surface area contributed by atoms with Gasteiger partial charge in [-0.25, -0.2) is 0 Å². The van der Waals surface area contributed by atoms with Gasteiger partial charge in [0.15, 0.2) is 0 Å². The Labute approximate surface area is 87.5 Å². The van der Waals surface area contributed by atoms with Crippen LogP contribution in [0.2, 0.25) is 0 Å². The normalized spacial score (nSPS) is 13.4. The predicted octanol–water partition coefficient (Wildman–Crippen LogP) is 2.11. The number of hydrogen-bond donors (Lipinski definition) is 0. The van der Waals surface area contributed by atoms with Crippen LogP contribution in [0.3, 0.4) is 0 Å². The SMILES string of the molecule is Cn1c(=O)ccc2cc3c(cc21)C=CC3. The van der Waals surface area contributed by atoms with E-state index < -0.39 is 0 Å². The van der Waals surface area contributed by atoms with Gasteiger partial charge in [0.2, 0.25) is 0 Å². The molecule has 0 spiro atoms. The molecule has 3 rings (SSSR count). The Balaban J connectivity index is 2.47. The first-order valence-electron chi connectivity index (χ1n) is 5.05. The molecule has 0 bridgehead atoms. The molecule has 1 aromatic carbocycles. The molecule has 74 valence electrons. The lowest BCUT2D eigenvalue weighted by Gasteiger charge is -2.07. The third-order valence-electron chi connectivity index (χ3n) is 3.02. The fourth-order valence-electron chi connectivity index (χ4n) is 2.13. The topological polar surface area (TPSA) is 22.0 Å². The van der Waals surface area contributed by atoms with Gasteiger partial charge < -0.3 is 4.57 Å². The van der Waals surface area contributed by atoms with E-state index in [9.17, 15) is 4.79 Å². The molecule has 15 heavy (non-hydrogen) atoms. The summed E-state index contributed by atoms with van der Waals surface area (Å²) in [5.41, 5.74) is 3.64.